The van der Waals surface area contributed by atoms with Crippen LogP contribution in [-0.4, -0.2) is 32.3 Å². The van der Waals surface area contributed by atoms with Gasteiger partial charge in [0.05, 0.1) is 0 Å². The summed E-state index contributed by atoms with van der Waals surface area (Å²) >= 11 is 0. The minimum Gasteiger partial charge on any atom is -0.382 e. The van der Waals surface area contributed by atoms with E-state index >= 15 is 0 Å². The Labute approximate surface area is 107 Å². The molecule has 0 aliphatic rings. The van der Waals surface area contributed by atoms with Crippen molar-refractivity contribution in [3.05, 3.63) is 29.6 Å². The van der Waals surface area contributed by atoms with Crippen molar-refractivity contribution in [2.45, 2.75) is 24.1 Å². The Morgan fingerprint density at radius 1 is 1.37 bits per heavy atom. The summed E-state index contributed by atoms with van der Waals surface area (Å²) in [5.74, 6) is -1.08. The van der Waals surface area contributed by atoms with Gasteiger partial charge in [-0.15, -0.1) is 0 Å². The van der Waals surface area contributed by atoms with E-state index in [1.165, 1.54) is 17.7 Å². The fourth-order valence-corrected chi connectivity index (χ4v) is 2.40. The molecule has 108 valence electrons. The van der Waals surface area contributed by atoms with Crippen LogP contribution in [-0.2, 0) is 10.0 Å². The third-order valence-corrected chi connectivity index (χ3v) is 3.66. The highest BCUT2D eigenvalue weighted by Gasteiger charge is 2.38. The summed E-state index contributed by atoms with van der Waals surface area (Å²) in [6.45, 7) is 0.224. The first-order valence-corrected chi connectivity index (χ1v) is 6.53. The predicted molar refractivity (Wildman–Crippen MR) is 58.4 cm³/mol. The Bertz CT molecular complexity index is 556. The lowest BCUT2D eigenvalue weighted by Gasteiger charge is -2.15. The quantitative estimate of drug-likeness (QED) is 0.825. The van der Waals surface area contributed by atoms with Crippen LogP contribution < -0.4 is 4.72 Å². The van der Waals surface area contributed by atoms with Crippen molar-refractivity contribution in [3.8, 4) is 0 Å². The summed E-state index contributed by atoms with van der Waals surface area (Å²) in [5, 5.41) is 8.67. The molecule has 1 atom stereocenters. The minimum absolute atomic E-state index is 0.429. The molecule has 0 saturated carbocycles. The van der Waals surface area contributed by atoms with Gasteiger partial charge in [0.15, 0.2) is 6.10 Å². The van der Waals surface area contributed by atoms with Crippen LogP contribution in [0, 0.1) is 12.7 Å². The van der Waals surface area contributed by atoms with E-state index in [9.17, 15) is 26.0 Å². The molecule has 0 heterocycles. The predicted octanol–water partition coefficient (Wildman–Crippen LogP) is 1.34. The summed E-state index contributed by atoms with van der Waals surface area (Å²) in [7, 11) is -4.45. The highest BCUT2D eigenvalue weighted by molar-refractivity contribution is 7.89. The molecule has 1 aromatic rings. The average molecular weight is 301 g/mol. The van der Waals surface area contributed by atoms with E-state index in [2.05, 4.69) is 0 Å². The summed E-state index contributed by atoms with van der Waals surface area (Å²) < 4.78 is 74.1. The van der Waals surface area contributed by atoms with Crippen LogP contribution in [0.15, 0.2) is 23.1 Å². The van der Waals surface area contributed by atoms with Crippen LogP contribution in [0.25, 0.3) is 0 Å². The van der Waals surface area contributed by atoms with E-state index in [1.807, 2.05) is 0 Å². The number of aliphatic hydroxyl groups is 1. The van der Waals surface area contributed by atoms with Gasteiger partial charge in [0.1, 0.15) is 10.7 Å². The Hall–Kier alpha value is -1.19. The van der Waals surface area contributed by atoms with Crippen LogP contribution in [0.5, 0.6) is 0 Å². The second-order valence-electron chi connectivity index (χ2n) is 3.84. The van der Waals surface area contributed by atoms with Gasteiger partial charge in [0.25, 0.3) is 0 Å². The second-order valence-corrected chi connectivity index (χ2v) is 5.58. The number of hydrogen-bond donors (Lipinski definition) is 2. The van der Waals surface area contributed by atoms with Gasteiger partial charge in [-0.2, -0.15) is 13.2 Å². The maximum absolute atomic E-state index is 13.3. The lowest BCUT2D eigenvalue weighted by Crippen LogP contribution is -2.40. The van der Waals surface area contributed by atoms with Crippen molar-refractivity contribution in [2.24, 2.45) is 0 Å². The van der Waals surface area contributed by atoms with Crippen molar-refractivity contribution in [2.75, 3.05) is 6.54 Å². The molecule has 9 heteroatoms. The first kappa shape index (κ1) is 15.9. The number of hydrogen-bond acceptors (Lipinski definition) is 3. The highest BCUT2D eigenvalue weighted by atomic mass is 32.2. The zero-order valence-electron chi connectivity index (χ0n) is 9.70. The molecule has 0 radical (unpaired) electrons. The molecule has 1 unspecified atom stereocenters. The second kappa shape index (κ2) is 5.43. The molecule has 0 aromatic heterocycles. The van der Waals surface area contributed by atoms with Gasteiger partial charge >= 0.3 is 6.18 Å². The van der Waals surface area contributed by atoms with Gasteiger partial charge in [-0.1, -0.05) is 6.07 Å². The molecule has 0 bridgehead atoms. The van der Waals surface area contributed by atoms with Crippen molar-refractivity contribution in [1.29, 1.82) is 0 Å². The lowest BCUT2D eigenvalue weighted by molar-refractivity contribution is -0.200. The number of sulfonamides is 1. The molecular weight excluding hydrogens is 290 g/mol. The largest absolute Gasteiger partial charge is 0.415 e. The number of aliphatic hydroxyl groups excluding tert-OH is 1. The summed E-state index contributed by atoms with van der Waals surface area (Å²) in [4.78, 5) is -0.762. The SMILES string of the molecule is Cc1ccc(F)c(S(=O)(=O)NCC(O)C(F)(F)F)c1. The minimum atomic E-state index is -4.95. The number of alkyl halides is 3. The van der Waals surface area contributed by atoms with Crippen molar-refractivity contribution in [3.63, 3.8) is 0 Å². The zero-order valence-corrected chi connectivity index (χ0v) is 10.5. The molecule has 1 aromatic carbocycles. The number of benzene rings is 1. The molecule has 4 nitrogen and oxygen atoms in total. The first-order valence-electron chi connectivity index (χ1n) is 5.04. The Balaban J connectivity index is 2.91. The monoisotopic (exact) mass is 301 g/mol. The van der Waals surface area contributed by atoms with E-state index in [-0.39, 0.29) is 0 Å². The zero-order chi connectivity index (χ0) is 14.8. The molecular formula is C10H11F4NO3S. The third kappa shape index (κ3) is 4.15. The maximum Gasteiger partial charge on any atom is 0.415 e. The molecule has 1 rings (SSSR count). The Morgan fingerprint density at radius 2 is 1.95 bits per heavy atom. The van der Waals surface area contributed by atoms with E-state index < -0.39 is 39.6 Å². The van der Waals surface area contributed by atoms with E-state index in [0.29, 0.717) is 5.56 Å². The topological polar surface area (TPSA) is 66.4 Å². The van der Waals surface area contributed by atoms with Gasteiger partial charge in [-0.25, -0.2) is 17.5 Å². The molecule has 19 heavy (non-hydrogen) atoms. The number of aryl methyl sites for hydroxylation is 1. The van der Waals surface area contributed by atoms with Crippen LogP contribution >= 0.6 is 0 Å². The summed E-state index contributed by atoms with van der Waals surface area (Å²) in [6, 6.07) is 3.20. The van der Waals surface area contributed by atoms with Crippen molar-refractivity contribution >= 4 is 10.0 Å². The molecule has 0 spiro atoms. The highest BCUT2D eigenvalue weighted by Crippen LogP contribution is 2.20. The smallest absolute Gasteiger partial charge is 0.382 e. The molecule has 2 N–H and O–H groups in total. The third-order valence-electron chi connectivity index (χ3n) is 2.22. The van der Waals surface area contributed by atoms with Gasteiger partial charge in [0.2, 0.25) is 10.0 Å². The fraction of sp³-hybridized carbons (Fsp3) is 0.400. The van der Waals surface area contributed by atoms with Gasteiger partial charge < -0.3 is 5.11 Å². The number of halogens is 4. The molecule has 0 aliphatic carbocycles. The normalized spacial score (nSPS) is 14.4. The van der Waals surface area contributed by atoms with Crippen LogP contribution in [0.2, 0.25) is 0 Å². The Kier molecular flexibility index (Phi) is 4.54. The molecule has 0 saturated heterocycles. The van der Waals surface area contributed by atoms with Crippen LogP contribution in [0.3, 0.4) is 0 Å². The Morgan fingerprint density at radius 3 is 2.47 bits per heavy atom. The van der Waals surface area contributed by atoms with Crippen molar-refractivity contribution < 1.29 is 31.1 Å². The van der Waals surface area contributed by atoms with Gasteiger partial charge in [-0.3, -0.25) is 0 Å². The maximum atomic E-state index is 13.3. The summed E-state index contributed by atoms with van der Waals surface area (Å²) in [5.41, 5.74) is 0.429. The molecule has 0 fully saturated rings. The average Bonchev–Trinajstić information content (AvgIpc) is 2.28. The van der Waals surface area contributed by atoms with Crippen molar-refractivity contribution in [1.82, 2.24) is 4.72 Å². The fourth-order valence-electron chi connectivity index (χ4n) is 1.20. The standard InChI is InChI=1S/C10H11F4NO3S/c1-6-2-3-7(11)8(4-6)19(17,18)15-5-9(16)10(12,13)14/h2-4,9,15-16H,5H2,1H3. The van der Waals surface area contributed by atoms with E-state index in [0.717, 1.165) is 12.1 Å². The van der Waals surface area contributed by atoms with E-state index in [1.54, 1.807) is 0 Å². The van der Waals surface area contributed by atoms with Gasteiger partial charge in [-0.05, 0) is 24.6 Å². The van der Waals surface area contributed by atoms with Crippen LogP contribution in [0.1, 0.15) is 5.56 Å². The molecule has 0 amide bonds. The molecule has 0 aliphatic heterocycles. The van der Waals surface area contributed by atoms with Gasteiger partial charge in [0, 0.05) is 6.54 Å². The van der Waals surface area contributed by atoms with E-state index in [4.69, 9.17) is 5.11 Å². The first-order chi connectivity index (χ1) is 8.54. The number of nitrogens with one attached hydrogen (secondary N) is 1. The summed E-state index contributed by atoms with van der Waals surface area (Å²) in [6.07, 6.45) is -7.80. The number of rotatable bonds is 4. The lowest BCUT2D eigenvalue weighted by atomic mass is 10.2. The van der Waals surface area contributed by atoms with Crippen LogP contribution in [0.4, 0.5) is 17.6 Å².